The molecular formula is C27H28F3N5O3S2. The molecule has 40 heavy (non-hydrogen) atoms. The fourth-order valence-electron chi connectivity index (χ4n) is 3.62. The lowest BCUT2D eigenvalue weighted by atomic mass is 9.98. The fraction of sp³-hybridized carbons (Fsp3) is 0.296. The molecule has 0 saturated carbocycles. The first-order valence-electron chi connectivity index (χ1n) is 12.3. The van der Waals surface area contributed by atoms with Gasteiger partial charge in [-0.15, -0.1) is 11.3 Å². The van der Waals surface area contributed by atoms with Crippen LogP contribution < -0.4 is 10.0 Å². The third-order valence-electron chi connectivity index (χ3n) is 5.57. The number of aromatic nitrogens is 3. The van der Waals surface area contributed by atoms with Gasteiger partial charge in [0.1, 0.15) is 16.5 Å². The van der Waals surface area contributed by atoms with E-state index < -0.39 is 38.1 Å². The number of rotatable bonds is 10. The molecule has 0 aliphatic carbocycles. The second-order valence-corrected chi connectivity index (χ2v) is 12.3. The van der Waals surface area contributed by atoms with Crippen LogP contribution in [-0.4, -0.2) is 43.1 Å². The average Bonchev–Trinajstić information content (AvgIpc) is 3.35. The number of hydrogen-bond acceptors (Lipinski definition) is 8. The Balaban J connectivity index is 1.76. The van der Waals surface area contributed by atoms with Crippen LogP contribution in [0.25, 0.3) is 21.8 Å². The normalized spacial score (nSPS) is 12.0. The number of nitrogens with zero attached hydrogens (tertiary/aromatic N) is 3. The molecule has 0 bridgehead atoms. The highest BCUT2D eigenvalue weighted by Gasteiger charge is 2.27. The van der Waals surface area contributed by atoms with Crippen LogP contribution in [0.2, 0.25) is 0 Å². The van der Waals surface area contributed by atoms with Crippen LogP contribution in [0.15, 0.2) is 53.6 Å². The minimum atomic E-state index is -4.65. The molecular weight excluding hydrogens is 563 g/mol. The van der Waals surface area contributed by atoms with Gasteiger partial charge in [0.25, 0.3) is 10.0 Å². The Kier molecular flexibility index (Phi) is 8.76. The van der Waals surface area contributed by atoms with Crippen molar-refractivity contribution in [2.75, 3.05) is 29.8 Å². The van der Waals surface area contributed by atoms with Crippen molar-refractivity contribution in [3.8, 4) is 21.8 Å². The smallest absolute Gasteiger partial charge is 0.265 e. The monoisotopic (exact) mass is 591 g/mol. The van der Waals surface area contributed by atoms with Gasteiger partial charge in [-0.25, -0.2) is 36.5 Å². The molecule has 2 N–H and O–H groups in total. The zero-order valence-electron chi connectivity index (χ0n) is 22.3. The molecule has 2 aromatic heterocycles. The lowest BCUT2D eigenvalue weighted by Crippen LogP contribution is -2.16. The van der Waals surface area contributed by atoms with Gasteiger partial charge in [-0.3, -0.25) is 4.72 Å². The average molecular weight is 592 g/mol. The van der Waals surface area contributed by atoms with Gasteiger partial charge < -0.3 is 10.1 Å². The minimum absolute atomic E-state index is 0.00568. The topological polar surface area (TPSA) is 106 Å². The van der Waals surface area contributed by atoms with Crippen molar-refractivity contribution in [2.45, 2.75) is 38.0 Å². The summed E-state index contributed by atoms with van der Waals surface area (Å²) in [5.74, 6) is -2.70. The predicted molar refractivity (Wildman–Crippen MR) is 149 cm³/mol. The third kappa shape index (κ3) is 6.60. The molecule has 8 nitrogen and oxygen atoms in total. The summed E-state index contributed by atoms with van der Waals surface area (Å²) in [6.07, 6.45) is 1.57. The van der Waals surface area contributed by atoms with Crippen molar-refractivity contribution < 1.29 is 26.3 Å². The quantitative estimate of drug-likeness (QED) is 0.211. The van der Waals surface area contributed by atoms with E-state index in [1.807, 2.05) is 32.4 Å². The highest BCUT2D eigenvalue weighted by atomic mass is 32.2. The number of sulfonamides is 1. The molecule has 0 spiro atoms. The lowest BCUT2D eigenvalue weighted by molar-refractivity contribution is 0.158. The molecule has 0 fully saturated rings. The first-order chi connectivity index (χ1) is 18.9. The number of hydrogen-bond donors (Lipinski definition) is 2. The molecule has 0 unspecified atom stereocenters. The first-order valence-corrected chi connectivity index (χ1v) is 14.6. The summed E-state index contributed by atoms with van der Waals surface area (Å²) in [5, 5.41) is 3.79. The summed E-state index contributed by atoms with van der Waals surface area (Å²) in [7, 11) is -4.65. The largest absolute Gasteiger partial charge is 0.380 e. The zero-order valence-corrected chi connectivity index (χ0v) is 23.9. The van der Waals surface area contributed by atoms with E-state index in [1.165, 1.54) is 29.5 Å². The molecule has 0 atom stereocenters. The van der Waals surface area contributed by atoms with E-state index in [-0.39, 0.29) is 16.7 Å². The van der Waals surface area contributed by atoms with Crippen LogP contribution in [0.5, 0.6) is 0 Å². The number of thiazole rings is 1. The first kappa shape index (κ1) is 29.4. The van der Waals surface area contributed by atoms with Crippen LogP contribution in [0.4, 0.5) is 24.8 Å². The molecule has 0 saturated heterocycles. The highest BCUT2D eigenvalue weighted by Crippen LogP contribution is 2.42. The molecule has 0 aliphatic heterocycles. The lowest BCUT2D eigenvalue weighted by Gasteiger charge is -2.14. The van der Waals surface area contributed by atoms with Gasteiger partial charge in [-0.1, -0.05) is 26.8 Å². The maximum absolute atomic E-state index is 15.9. The second-order valence-electron chi connectivity index (χ2n) is 9.68. The molecule has 212 valence electrons. The third-order valence-corrected chi connectivity index (χ3v) is 8.46. The van der Waals surface area contributed by atoms with Crippen LogP contribution >= 0.6 is 11.3 Å². The summed E-state index contributed by atoms with van der Waals surface area (Å²) in [4.78, 5) is 13.1. The van der Waals surface area contributed by atoms with E-state index >= 15 is 4.39 Å². The van der Waals surface area contributed by atoms with Crippen LogP contribution in [0.3, 0.4) is 0 Å². The van der Waals surface area contributed by atoms with E-state index in [1.54, 1.807) is 12.3 Å². The zero-order chi connectivity index (χ0) is 29.1. The molecule has 13 heteroatoms. The summed E-state index contributed by atoms with van der Waals surface area (Å²) in [5.41, 5.74) is -0.0774. The maximum atomic E-state index is 15.9. The summed E-state index contributed by atoms with van der Waals surface area (Å²) >= 11 is 1.33. The number of nitrogens with one attached hydrogen (secondary N) is 2. The van der Waals surface area contributed by atoms with Crippen molar-refractivity contribution in [3.63, 3.8) is 0 Å². The Morgan fingerprint density at radius 2 is 1.82 bits per heavy atom. The van der Waals surface area contributed by atoms with Gasteiger partial charge in [0, 0.05) is 30.3 Å². The predicted octanol–water partition coefficient (Wildman–Crippen LogP) is 6.23. The van der Waals surface area contributed by atoms with E-state index in [9.17, 15) is 17.2 Å². The minimum Gasteiger partial charge on any atom is -0.380 e. The molecule has 0 aliphatic rings. The Labute approximate surface area is 234 Å². The Morgan fingerprint density at radius 3 is 2.55 bits per heavy atom. The van der Waals surface area contributed by atoms with Crippen molar-refractivity contribution in [1.29, 1.82) is 0 Å². The maximum Gasteiger partial charge on any atom is 0.265 e. The van der Waals surface area contributed by atoms with Gasteiger partial charge in [0.15, 0.2) is 5.82 Å². The van der Waals surface area contributed by atoms with Crippen LogP contribution in [0, 0.1) is 17.5 Å². The summed E-state index contributed by atoms with van der Waals surface area (Å²) in [6, 6.07) is 7.78. The number of ether oxygens (including phenoxy) is 1. The van der Waals surface area contributed by atoms with E-state index in [0.717, 1.165) is 6.07 Å². The molecule has 4 rings (SSSR count). The van der Waals surface area contributed by atoms with Gasteiger partial charge >= 0.3 is 0 Å². The number of benzene rings is 2. The Bertz CT molecular complexity index is 1620. The van der Waals surface area contributed by atoms with E-state index in [4.69, 9.17) is 9.72 Å². The van der Waals surface area contributed by atoms with Gasteiger partial charge in [0.2, 0.25) is 5.95 Å². The SMILES string of the molecule is CCOCCNc1nccc(-c2sc(C(C)(C)C)nc2-c2cccc(NS(=O)(=O)c3cc(F)ccc3F)c2F)n1. The Hall–Kier alpha value is -3.55. The van der Waals surface area contributed by atoms with Crippen LogP contribution in [-0.2, 0) is 20.2 Å². The van der Waals surface area contributed by atoms with Gasteiger partial charge in [-0.2, -0.15) is 0 Å². The Morgan fingerprint density at radius 1 is 1.05 bits per heavy atom. The standard InChI is InChI=1S/C27H28F3N5O3S2/c1-5-38-14-13-32-26-31-12-11-20(33-26)24-23(34-25(39-24)27(2,3)4)17-7-6-8-19(22(17)30)35-40(36,37)21-15-16(28)9-10-18(21)29/h6-12,15,35H,5,13-14H2,1-4H3,(H,31,32,33). The van der Waals surface area contributed by atoms with Crippen molar-refractivity contribution in [3.05, 3.63) is 71.1 Å². The van der Waals surface area contributed by atoms with Gasteiger partial charge in [0.05, 0.1) is 33.6 Å². The fourth-order valence-corrected chi connectivity index (χ4v) is 5.88. The van der Waals surface area contributed by atoms with Crippen molar-refractivity contribution in [2.24, 2.45) is 0 Å². The summed E-state index contributed by atoms with van der Waals surface area (Å²) < 4.78 is 76.8. The number of anilines is 2. The van der Waals surface area contributed by atoms with Crippen LogP contribution in [0.1, 0.15) is 32.7 Å². The van der Waals surface area contributed by atoms with E-state index in [2.05, 4.69) is 15.3 Å². The highest BCUT2D eigenvalue weighted by molar-refractivity contribution is 7.92. The van der Waals surface area contributed by atoms with Gasteiger partial charge in [-0.05, 0) is 43.3 Å². The second kappa shape index (κ2) is 11.9. The molecule has 2 heterocycles. The molecule has 0 radical (unpaired) electrons. The molecule has 0 amide bonds. The van der Waals surface area contributed by atoms with E-state index in [0.29, 0.717) is 53.4 Å². The number of halogens is 3. The summed E-state index contributed by atoms with van der Waals surface area (Å²) in [6.45, 7) is 9.34. The molecule has 4 aromatic rings. The van der Waals surface area contributed by atoms with Crippen molar-refractivity contribution >= 4 is 33.0 Å². The molecule has 2 aromatic carbocycles. The van der Waals surface area contributed by atoms with Crippen molar-refractivity contribution in [1.82, 2.24) is 15.0 Å².